The highest BCUT2D eigenvalue weighted by atomic mass is 32.2. The van der Waals surface area contributed by atoms with Gasteiger partial charge in [-0.15, -0.1) is 23.1 Å². The molecule has 1 atom stereocenters. The molecule has 1 aromatic rings. The van der Waals surface area contributed by atoms with Crippen molar-refractivity contribution >= 4 is 44.7 Å². The van der Waals surface area contributed by atoms with Crippen LogP contribution in [0.1, 0.15) is 36.4 Å². The number of thioether (sulfide) groups is 2. The van der Waals surface area contributed by atoms with Gasteiger partial charge in [0.05, 0.1) is 16.4 Å². The average molecular weight is 425 g/mol. The fourth-order valence-corrected chi connectivity index (χ4v) is 5.31. The Balaban J connectivity index is 2.35. The van der Waals surface area contributed by atoms with Crippen molar-refractivity contribution in [1.29, 1.82) is 0 Å². The van der Waals surface area contributed by atoms with Crippen LogP contribution in [0.3, 0.4) is 0 Å². The molecule has 1 aliphatic rings. The van der Waals surface area contributed by atoms with Gasteiger partial charge in [-0.2, -0.15) is 0 Å². The van der Waals surface area contributed by atoms with E-state index < -0.39 is 0 Å². The molecule has 1 unspecified atom stereocenters. The Morgan fingerprint density at radius 2 is 2.07 bits per heavy atom. The van der Waals surface area contributed by atoms with Gasteiger partial charge in [0.2, 0.25) is 0 Å². The Morgan fingerprint density at radius 1 is 1.30 bits per heavy atom. The van der Waals surface area contributed by atoms with E-state index in [1.165, 1.54) is 0 Å². The van der Waals surface area contributed by atoms with E-state index in [2.05, 4.69) is 32.4 Å². The molecule has 1 aromatic heterocycles. The lowest BCUT2D eigenvalue weighted by Crippen LogP contribution is -2.33. The van der Waals surface area contributed by atoms with E-state index in [1.807, 2.05) is 24.5 Å². The van der Waals surface area contributed by atoms with Gasteiger partial charge < -0.3 is 14.2 Å². The predicted molar refractivity (Wildman–Crippen MR) is 123 cm³/mol. The van der Waals surface area contributed by atoms with Gasteiger partial charge in [-0.3, -0.25) is 0 Å². The third kappa shape index (κ3) is 5.70. The van der Waals surface area contributed by atoms with Crippen LogP contribution < -0.4 is 9.47 Å². The number of allylic oxidation sites excluding steroid dienone is 3. The van der Waals surface area contributed by atoms with Crippen LogP contribution in [-0.2, 0) is 4.74 Å². The summed E-state index contributed by atoms with van der Waals surface area (Å²) in [4.78, 5) is 4.40. The third-order valence-corrected chi connectivity index (χ3v) is 6.99. The molecule has 0 saturated heterocycles. The summed E-state index contributed by atoms with van der Waals surface area (Å²) in [5.74, 6) is 1.64. The van der Waals surface area contributed by atoms with Crippen LogP contribution >= 0.6 is 34.9 Å². The largest absolute Gasteiger partial charge is 0.484 e. The summed E-state index contributed by atoms with van der Waals surface area (Å²) in [5.41, 5.74) is 0. The molecular formula is C21H28O3S3. The molecular weight excluding hydrogens is 396 g/mol. The second kappa shape index (κ2) is 11.7. The molecule has 6 heteroatoms. The van der Waals surface area contributed by atoms with E-state index in [-0.39, 0.29) is 6.10 Å². The Hall–Kier alpha value is -1.08. The monoisotopic (exact) mass is 424 g/mol. The maximum absolute atomic E-state index is 6.34. The molecule has 27 heavy (non-hydrogen) atoms. The summed E-state index contributed by atoms with van der Waals surface area (Å²) in [6.45, 7) is 13.7. The molecule has 148 valence electrons. The fourth-order valence-electron chi connectivity index (χ4n) is 2.57. The second-order valence-corrected chi connectivity index (χ2v) is 8.68. The third-order valence-electron chi connectivity index (χ3n) is 3.88. The van der Waals surface area contributed by atoms with Crippen molar-refractivity contribution in [1.82, 2.24) is 0 Å². The molecule has 0 N–H and O–H groups in total. The molecule has 1 aliphatic heterocycles. The zero-order valence-electron chi connectivity index (χ0n) is 16.3. The smallest absolute Gasteiger partial charge is 0.181 e. The van der Waals surface area contributed by atoms with Gasteiger partial charge in [0.15, 0.2) is 17.6 Å². The van der Waals surface area contributed by atoms with Gasteiger partial charge in [0.1, 0.15) is 6.61 Å². The maximum Gasteiger partial charge on any atom is 0.181 e. The van der Waals surface area contributed by atoms with E-state index >= 15 is 0 Å². The SMILES string of the molecule is C=C/C=C(\SC)c1sc(/C(=C/C)SC=C)c2c1OC(COCCCC)CO2. The molecule has 0 radical (unpaired) electrons. The van der Waals surface area contributed by atoms with Gasteiger partial charge in [-0.1, -0.05) is 50.4 Å². The lowest BCUT2D eigenvalue weighted by atomic mass is 10.2. The van der Waals surface area contributed by atoms with Crippen LogP contribution in [0.25, 0.3) is 9.81 Å². The van der Waals surface area contributed by atoms with Crippen molar-refractivity contribution in [3.05, 3.63) is 46.5 Å². The van der Waals surface area contributed by atoms with E-state index in [9.17, 15) is 0 Å². The molecule has 2 heterocycles. The van der Waals surface area contributed by atoms with Gasteiger partial charge in [0, 0.05) is 16.4 Å². The lowest BCUT2D eigenvalue weighted by molar-refractivity contribution is 0.00853. The predicted octanol–water partition coefficient (Wildman–Crippen LogP) is 6.83. The first-order valence-corrected chi connectivity index (χ1v) is 12.0. The van der Waals surface area contributed by atoms with Crippen molar-refractivity contribution in [3.8, 4) is 11.5 Å². The molecule has 3 nitrogen and oxygen atoms in total. The molecule has 0 aliphatic carbocycles. The minimum atomic E-state index is -0.0940. The Labute approximate surface area is 175 Å². The Kier molecular flexibility index (Phi) is 9.62. The number of fused-ring (bicyclic) bond motifs is 1. The van der Waals surface area contributed by atoms with E-state index in [0.29, 0.717) is 13.2 Å². The van der Waals surface area contributed by atoms with Crippen LogP contribution in [0, 0.1) is 0 Å². The van der Waals surface area contributed by atoms with E-state index in [1.54, 1.807) is 34.9 Å². The lowest BCUT2D eigenvalue weighted by Gasteiger charge is -2.26. The van der Waals surface area contributed by atoms with Crippen LogP contribution in [0.15, 0.2) is 36.8 Å². The number of unbranched alkanes of at least 4 members (excludes halogenated alkanes) is 1. The summed E-state index contributed by atoms with van der Waals surface area (Å²) >= 11 is 4.97. The molecule has 0 spiro atoms. The van der Waals surface area contributed by atoms with Gasteiger partial charge >= 0.3 is 0 Å². The van der Waals surface area contributed by atoms with Gasteiger partial charge in [-0.25, -0.2) is 0 Å². The minimum Gasteiger partial charge on any atom is -0.484 e. The molecule has 0 amide bonds. The zero-order chi connectivity index (χ0) is 19.6. The molecule has 0 aromatic carbocycles. The normalized spacial score (nSPS) is 17.1. The van der Waals surface area contributed by atoms with Crippen molar-refractivity contribution in [3.63, 3.8) is 0 Å². The zero-order valence-corrected chi connectivity index (χ0v) is 18.7. The summed E-state index contributed by atoms with van der Waals surface area (Å²) in [5, 5.41) is 1.84. The average Bonchev–Trinajstić information content (AvgIpc) is 3.06. The minimum absolute atomic E-state index is 0.0940. The Bertz CT molecular complexity index is 704. The first kappa shape index (κ1) is 22.2. The number of ether oxygens (including phenoxy) is 3. The van der Waals surface area contributed by atoms with E-state index in [0.717, 1.165) is 50.5 Å². The highest BCUT2D eigenvalue weighted by Gasteiger charge is 2.31. The standard InChI is InChI=1S/C21H28O3S3/c1-6-10-12-22-13-15-14-23-18-19(24-15)21(17(25-5)11-7-2)27-20(18)16(8-3)26-9-4/h7-9,11,15H,2,4,6,10,12-14H2,1,3,5H3/b16-8-,17-11-. The quantitative estimate of drug-likeness (QED) is 0.287. The second-order valence-electron chi connectivity index (χ2n) is 5.81. The van der Waals surface area contributed by atoms with Crippen LogP contribution in [-0.4, -0.2) is 32.2 Å². The molecule has 0 fully saturated rings. The van der Waals surface area contributed by atoms with Gasteiger partial charge in [0.25, 0.3) is 0 Å². The first-order valence-electron chi connectivity index (χ1n) is 9.05. The summed E-state index contributed by atoms with van der Waals surface area (Å²) in [6.07, 6.45) is 10.1. The number of rotatable bonds is 11. The van der Waals surface area contributed by atoms with E-state index in [4.69, 9.17) is 14.2 Å². The number of thiophene rings is 1. The molecule has 0 bridgehead atoms. The molecule has 0 saturated carbocycles. The maximum atomic E-state index is 6.34. The van der Waals surface area contributed by atoms with Crippen molar-refractivity contribution < 1.29 is 14.2 Å². The summed E-state index contributed by atoms with van der Waals surface area (Å²) in [6, 6.07) is 0. The fraction of sp³-hybridized carbons (Fsp3) is 0.429. The highest BCUT2D eigenvalue weighted by molar-refractivity contribution is 8.11. The van der Waals surface area contributed by atoms with Crippen LogP contribution in [0.4, 0.5) is 0 Å². The van der Waals surface area contributed by atoms with Crippen LogP contribution in [0.5, 0.6) is 11.5 Å². The first-order chi connectivity index (χ1) is 13.2. The van der Waals surface area contributed by atoms with Crippen molar-refractivity contribution in [2.75, 3.05) is 26.1 Å². The van der Waals surface area contributed by atoms with Crippen molar-refractivity contribution in [2.24, 2.45) is 0 Å². The highest BCUT2D eigenvalue weighted by Crippen LogP contribution is 2.53. The summed E-state index contributed by atoms with van der Waals surface area (Å²) < 4.78 is 18.2. The molecule has 2 rings (SSSR count). The van der Waals surface area contributed by atoms with Gasteiger partial charge in [-0.05, 0) is 31.1 Å². The summed E-state index contributed by atoms with van der Waals surface area (Å²) in [7, 11) is 0. The number of hydrogen-bond acceptors (Lipinski definition) is 6. The van der Waals surface area contributed by atoms with Crippen molar-refractivity contribution in [2.45, 2.75) is 32.8 Å². The topological polar surface area (TPSA) is 27.7 Å². The van der Waals surface area contributed by atoms with Crippen LogP contribution in [0.2, 0.25) is 0 Å². The number of hydrogen-bond donors (Lipinski definition) is 0. The Morgan fingerprint density at radius 3 is 2.70 bits per heavy atom.